The number of morpholine rings is 1. The summed E-state index contributed by atoms with van der Waals surface area (Å²) in [4.78, 5) is 28.9. The van der Waals surface area contributed by atoms with Crippen LogP contribution in [0.25, 0.3) is 11.4 Å². The van der Waals surface area contributed by atoms with Crippen molar-refractivity contribution >= 4 is 19.7 Å². The smallest absolute Gasteiger partial charge is 0.369 e. The molecule has 0 spiro atoms. The standard InChI is InChI=1S/C21H19BF6N8O4/c1-9-12(7-33-18-31-3-10(4-32-18)21(26,27)28)36(8-19(24,25)40-9)17(37)14-13(16-29-5-11(23)6-30-16)15(20(22,38)39)35(2)34-14/h3-6,9,12,38-39H,7-8H2,1-2H3,(H,31,32,33). The molecule has 40 heavy (non-hydrogen) atoms. The first-order chi connectivity index (χ1) is 18.5. The number of carbonyl (C=O) groups is 1. The molecule has 19 heteroatoms. The fourth-order valence-corrected chi connectivity index (χ4v) is 4.10. The topological polar surface area (TPSA) is 151 Å². The number of alkyl halides is 5. The molecule has 3 N–H and O–H groups in total. The van der Waals surface area contributed by atoms with Crippen LogP contribution >= 0.6 is 0 Å². The molecule has 12 nitrogen and oxygen atoms in total. The summed E-state index contributed by atoms with van der Waals surface area (Å²) < 4.78 is 86.3. The van der Waals surface area contributed by atoms with Crippen LogP contribution in [0.5, 0.6) is 0 Å². The molecule has 2 radical (unpaired) electrons. The van der Waals surface area contributed by atoms with Gasteiger partial charge in [-0.25, -0.2) is 24.3 Å². The number of hydrogen-bond acceptors (Lipinski definition) is 10. The van der Waals surface area contributed by atoms with E-state index in [1.807, 2.05) is 0 Å². The highest BCUT2D eigenvalue weighted by Crippen LogP contribution is 2.35. The van der Waals surface area contributed by atoms with Gasteiger partial charge in [0.1, 0.15) is 6.54 Å². The Kier molecular flexibility index (Phi) is 7.50. The number of carbonyl (C=O) groups excluding carboxylic acids is 1. The average Bonchev–Trinajstić information content (AvgIpc) is 3.20. The first-order valence-electron chi connectivity index (χ1n) is 11.3. The fourth-order valence-electron chi connectivity index (χ4n) is 4.10. The first kappa shape index (κ1) is 29.2. The second-order valence-electron chi connectivity index (χ2n) is 8.78. The van der Waals surface area contributed by atoms with Crippen LogP contribution in [-0.4, -0.2) is 89.9 Å². The first-order valence-corrected chi connectivity index (χ1v) is 11.3. The predicted molar refractivity (Wildman–Crippen MR) is 122 cm³/mol. The Bertz CT molecular complexity index is 1380. The number of amides is 1. The van der Waals surface area contributed by atoms with Crippen LogP contribution in [0, 0.1) is 5.82 Å². The average molecular weight is 572 g/mol. The molecule has 0 aliphatic carbocycles. The van der Waals surface area contributed by atoms with Crippen LogP contribution in [0.2, 0.25) is 0 Å². The summed E-state index contributed by atoms with van der Waals surface area (Å²) in [7, 11) is 6.59. The summed E-state index contributed by atoms with van der Waals surface area (Å²) in [6, 6.07) is -1.20. The van der Waals surface area contributed by atoms with Crippen LogP contribution < -0.4 is 5.32 Å². The zero-order valence-electron chi connectivity index (χ0n) is 20.6. The molecule has 1 fully saturated rings. The van der Waals surface area contributed by atoms with Crippen molar-refractivity contribution in [2.45, 2.75) is 37.0 Å². The molecule has 1 amide bonds. The van der Waals surface area contributed by atoms with E-state index in [1.54, 1.807) is 0 Å². The molecule has 4 rings (SSSR count). The number of hydrogen-bond donors (Lipinski definition) is 3. The summed E-state index contributed by atoms with van der Waals surface area (Å²) in [5.74, 6) is -2.76. The quantitative estimate of drug-likeness (QED) is 0.222. The van der Waals surface area contributed by atoms with E-state index in [1.165, 1.54) is 14.0 Å². The third kappa shape index (κ3) is 6.00. The van der Waals surface area contributed by atoms with Crippen molar-refractivity contribution in [3.05, 3.63) is 47.6 Å². The highest BCUT2D eigenvalue weighted by Gasteiger charge is 2.49. The lowest BCUT2D eigenvalue weighted by Gasteiger charge is -2.42. The van der Waals surface area contributed by atoms with Crippen LogP contribution in [0.3, 0.4) is 0 Å². The number of aromatic nitrogens is 6. The van der Waals surface area contributed by atoms with Crippen molar-refractivity contribution in [1.82, 2.24) is 34.6 Å². The number of ether oxygens (including phenoxy) is 1. The zero-order chi connectivity index (χ0) is 29.6. The number of nitrogens with one attached hydrogen (secondary N) is 1. The summed E-state index contributed by atoms with van der Waals surface area (Å²) in [5.41, 5.74) is -5.95. The van der Waals surface area contributed by atoms with E-state index in [2.05, 4.69) is 30.4 Å². The maximum absolute atomic E-state index is 14.5. The molecule has 0 aromatic carbocycles. The van der Waals surface area contributed by atoms with Gasteiger partial charge in [0.25, 0.3) is 5.91 Å². The number of halogens is 6. The minimum atomic E-state index is -4.68. The molecular weight excluding hydrogens is 553 g/mol. The molecule has 1 aliphatic rings. The molecule has 212 valence electrons. The third-order valence-electron chi connectivity index (χ3n) is 5.81. The zero-order valence-corrected chi connectivity index (χ0v) is 20.6. The van der Waals surface area contributed by atoms with Crippen LogP contribution in [0.1, 0.15) is 28.7 Å². The monoisotopic (exact) mass is 572 g/mol. The Morgan fingerprint density at radius 1 is 1.18 bits per heavy atom. The van der Waals surface area contributed by atoms with Gasteiger partial charge in [-0.3, -0.25) is 9.48 Å². The minimum absolute atomic E-state index is 0.293. The summed E-state index contributed by atoms with van der Waals surface area (Å²) >= 11 is 0. The van der Waals surface area contributed by atoms with Gasteiger partial charge in [0.15, 0.2) is 30.9 Å². The molecule has 0 bridgehead atoms. The second kappa shape index (κ2) is 10.3. The largest absolute Gasteiger partial charge is 0.419 e. The maximum Gasteiger partial charge on any atom is 0.419 e. The van der Waals surface area contributed by atoms with E-state index >= 15 is 0 Å². The highest BCUT2D eigenvalue weighted by molar-refractivity contribution is 6.14. The number of aryl methyl sites for hydroxylation is 1. The summed E-state index contributed by atoms with van der Waals surface area (Å²) in [5, 5.41) is 26.7. The van der Waals surface area contributed by atoms with E-state index < -0.39 is 76.7 Å². The van der Waals surface area contributed by atoms with Crippen molar-refractivity contribution < 1.29 is 46.1 Å². The van der Waals surface area contributed by atoms with E-state index in [4.69, 9.17) is 12.6 Å². The maximum atomic E-state index is 14.5. The van der Waals surface area contributed by atoms with Crippen molar-refractivity contribution in [3.8, 4) is 11.4 Å². The number of nitrogens with zero attached hydrogens (tertiary/aromatic N) is 7. The van der Waals surface area contributed by atoms with Gasteiger partial charge in [-0.05, 0) is 6.92 Å². The van der Waals surface area contributed by atoms with Gasteiger partial charge in [-0.15, -0.1) is 0 Å². The minimum Gasteiger partial charge on any atom is -0.369 e. The molecule has 4 heterocycles. The fraction of sp³-hybridized carbons (Fsp3) is 0.429. The van der Waals surface area contributed by atoms with Gasteiger partial charge in [0.2, 0.25) is 5.95 Å². The molecule has 2 unspecified atom stereocenters. The molecule has 1 aliphatic heterocycles. The number of anilines is 1. The van der Waals surface area contributed by atoms with Gasteiger partial charge in [-0.2, -0.15) is 27.1 Å². The summed E-state index contributed by atoms with van der Waals surface area (Å²) in [6.45, 7) is -0.428. The summed E-state index contributed by atoms with van der Waals surface area (Å²) in [6.07, 6.45) is -7.40. The Labute approximate surface area is 222 Å². The molecule has 3 aromatic rings. The van der Waals surface area contributed by atoms with Crippen molar-refractivity contribution in [2.24, 2.45) is 7.05 Å². The molecule has 0 saturated carbocycles. The molecular formula is C21H19BF6N8O4. The van der Waals surface area contributed by atoms with Crippen LogP contribution in [-0.2, 0) is 23.6 Å². The van der Waals surface area contributed by atoms with Crippen molar-refractivity contribution in [3.63, 3.8) is 0 Å². The second-order valence-corrected chi connectivity index (χ2v) is 8.78. The van der Waals surface area contributed by atoms with Gasteiger partial charge in [0.05, 0.1) is 41.4 Å². The lowest BCUT2D eigenvalue weighted by molar-refractivity contribution is -0.298. The number of rotatable bonds is 6. The molecule has 2 atom stereocenters. The third-order valence-corrected chi connectivity index (χ3v) is 5.81. The molecule has 3 aromatic heterocycles. The van der Waals surface area contributed by atoms with E-state index in [-0.39, 0.29) is 12.5 Å². The Morgan fingerprint density at radius 3 is 2.33 bits per heavy atom. The number of aliphatic hydroxyl groups is 2. The Balaban J connectivity index is 1.71. The normalized spacial score (nSPS) is 19.5. The van der Waals surface area contributed by atoms with Crippen LogP contribution in [0.4, 0.5) is 32.3 Å². The SMILES string of the molecule is [B]C(O)(O)c1c(-c2ncc(F)cn2)c(C(=O)N2CC(F)(F)OC(C)C2CNc2ncc(C(F)(F)F)cn2)nn1C. The lowest BCUT2D eigenvalue weighted by Crippen LogP contribution is -2.61. The van der Waals surface area contributed by atoms with Crippen molar-refractivity contribution in [1.29, 1.82) is 0 Å². The lowest BCUT2D eigenvalue weighted by atomic mass is 9.88. The van der Waals surface area contributed by atoms with Gasteiger partial charge in [-0.1, -0.05) is 0 Å². The van der Waals surface area contributed by atoms with Crippen molar-refractivity contribution in [2.75, 3.05) is 18.4 Å². The molecule has 1 saturated heterocycles. The van der Waals surface area contributed by atoms with Gasteiger partial charge >= 0.3 is 12.3 Å². The van der Waals surface area contributed by atoms with E-state index in [0.717, 1.165) is 4.68 Å². The van der Waals surface area contributed by atoms with Crippen LogP contribution in [0.15, 0.2) is 24.8 Å². The highest BCUT2D eigenvalue weighted by atomic mass is 19.4. The van der Waals surface area contributed by atoms with Gasteiger partial charge in [0, 0.05) is 26.0 Å². The van der Waals surface area contributed by atoms with Gasteiger partial charge < -0.3 is 25.2 Å². The Hall–Kier alpha value is -3.84. The van der Waals surface area contributed by atoms with E-state index in [9.17, 15) is 41.4 Å². The van der Waals surface area contributed by atoms with E-state index in [0.29, 0.717) is 29.7 Å². The predicted octanol–water partition coefficient (Wildman–Crippen LogP) is 1.02. The Morgan fingerprint density at radius 2 is 1.77 bits per heavy atom.